The molecule has 2 rings (SSSR count). The van der Waals surface area contributed by atoms with E-state index < -0.39 is 0 Å². The first-order chi connectivity index (χ1) is 8.30. The highest BCUT2D eigenvalue weighted by molar-refractivity contribution is 7.09. The van der Waals surface area contributed by atoms with Crippen LogP contribution in [0.25, 0.3) is 0 Å². The highest BCUT2D eigenvalue weighted by Gasteiger charge is 2.38. The molecule has 1 heterocycles. The van der Waals surface area contributed by atoms with Gasteiger partial charge in [-0.3, -0.25) is 0 Å². The molecule has 2 N–H and O–H groups in total. The number of aryl methyl sites for hydroxylation is 1. The molecule has 0 spiro atoms. The summed E-state index contributed by atoms with van der Waals surface area (Å²) in [6, 6.07) is 4.20. The molecule has 0 unspecified atom stereocenters. The Labute approximate surface area is 107 Å². The van der Waals surface area contributed by atoms with E-state index in [1.54, 1.807) is 11.3 Å². The molecule has 96 valence electrons. The lowest BCUT2D eigenvalue weighted by Crippen LogP contribution is -2.37. The van der Waals surface area contributed by atoms with E-state index in [2.05, 4.69) is 17.5 Å². The molecule has 17 heavy (non-hydrogen) atoms. The van der Waals surface area contributed by atoms with Crippen LogP contribution in [0.5, 0.6) is 0 Å². The Bertz CT molecular complexity index is 311. The quantitative estimate of drug-likeness (QED) is 0.819. The lowest BCUT2D eigenvalue weighted by atomic mass is 9.72. The summed E-state index contributed by atoms with van der Waals surface area (Å²) in [5.74, 6) is 0.512. The van der Waals surface area contributed by atoms with E-state index in [4.69, 9.17) is 0 Å². The van der Waals surface area contributed by atoms with Crippen LogP contribution in [0.1, 0.15) is 37.0 Å². The molecule has 0 aliphatic heterocycles. The van der Waals surface area contributed by atoms with Crippen molar-refractivity contribution in [2.24, 2.45) is 11.3 Å². The summed E-state index contributed by atoms with van der Waals surface area (Å²) in [7, 11) is 0. The van der Waals surface area contributed by atoms with Crippen molar-refractivity contribution in [2.75, 3.05) is 13.2 Å². The predicted octanol–water partition coefficient (Wildman–Crippen LogP) is 2.84. The molecule has 1 aliphatic rings. The van der Waals surface area contributed by atoms with Gasteiger partial charge in [-0.1, -0.05) is 18.9 Å². The fraction of sp³-hybridized carbons (Fsp3) is 0.714. The lowest BCUT2D eigenvalue weighted by molar-refractivity contribution is -0.00111. The van der Waals surface area contributed by atoms with Crippen LogP contribution in [0, 0.1) is 11.3 Å². The number of rotatable bonds is 6. The molecule has 0 bridgehead atoms. The summed E-state index contributed by atoms with van der Waals surface area (Å²) in [4.78, 5) is 1.36. The highest BCUT2D eigenvalue weighted by Crippen LogP contribution is 2.42. The van der Waals surface area contributed by atoms with Crippen molar-refractivity contribution < 1.29 is 10.2 Å². The van der Waals surface area contributed by atoms with Crippen molar-refractivity contribution >= 4 is 11.3 Å². The van der Waals surface area contributed by atoms with Gasteiger partial charge in [0.05, 0.1) is 13.2 Å². The van der Waals surface area contributed by atoms with Crippen LogP contribution >= 0.6 is 11.3 Å². The van der Waals surface area contributed by atoms with Gasteiger partial charge in [-0.25, -0.2) is 0 Å². The van der Waals surface area contributed by atoms with Crippen LogP contribution in [0.15, 0.2) is 17.5 Å². The fourth-order valence-electron chi connectivity index (χ4n) is 3.04. The van der Waals surface area contributed by atoms with Gasteiger partial charge in [0.25, 0.3) is 0 Å². The predicted molar refractivity (Wildman–Crippen MR) is 71.2 cm³/mol. The summed E-state index contributed by atoms with van der Waals surface area (Å²) in [6.45, 7) is 0.249. The summed E-state index contributed by atoms with van der Waals surface area (Å²) in [5.41, 5.74) is -0.250. The number of aliphatic hydroxyl groups excluding tert-OH is 2. The van der Waals surface area contributed by atoms with Gasteiger partial charge < -0.3 is 10.2 Å². The average molecular weight is 254 g/mol. The third-order valence-electron chi connectivity index (χ3n) is 4.30. The van der Waals surface area contributed by atoms with E-state index >= 15 is 0 Å². The van der Waals surface area contributed by atoms with Crippen LogP contribution in [-0.2, 0) is 6.42 Å². The maximum absolute atomic E-state index is 9.71. The third kappa shape index (κ3) is 2.90. The Morgan fingerprint density at radius 2 is 1.94 bits per heavy atom. The van der Waals surface area contributed by atoms with E-state index in [9.17, 15) is 10.2 Å². The second-order valence-corrected chi connectivity index (χ2v) is 6.27. The zero-order valence-corrected chi connectivity index (χ0v) is 11.1. The normalized spacial score (nSPS) is 17.8. The minimum Gasteiger partial charge on any atom is -0.396 e. The fourth-order valence-corrected chi connectivity index (χ4v) is 3.74. The number of hydrogen-bond acceptors (Lipinski definition) is 3. The topological polar surface area (TPSA) is 40.5 Å². The van der Waals surface area contributed by atoms with Crippen LogP contribution in [0.3, 0.4) is 0 Å². The molecule has 1 aromatic heterocycles. The van der Waals surface area contributed by atoms with E-state index in [1.807, 2.05) is 0 Å². The largest absolute Gasteiger partial charge is 0.396 e. The maximum atomic E-state index is 9.71. The molecule has 3 heteroatoms. The van der Waals surface area contributed by atoms with E-state index in [-0.39, 0.29) is 18.6 Å². The molecule has 0 amide bonds. The van der Waals surface area contributed by atoms with Gasteiger partial charge >= 0.3 is 0 Å². The first-order valence-electron chi connectivity index (χ1n) is 6.55. The van der Waals surface area contributed by atoms with Gasteiger partial charge in [0, 0.05) is 10.3 Å². The molecule has 0 atom stereocenters. The maximum Gasteiger partial charge on any atom is 0.0512 e. The van der Waals surface area contributed by atoms with E-state index in [0.29, 0.717) is 5.92 Å². The molecule has 0 aromatic carbocycles. The van der Waals surface area contributed by atoms with Crippen LogP contribution in [-0.4, -0.2) is 23.4 Å². The van der Waals surface area contributed by atoms with Crippen LogP contribution < -0.4 is 0 Å². The molecule has 1 saturated carbocycles. The molecule has 1 aromatic rings. The summed E-state index contributed by atoms with van der Waals surface area (Å²) >= 11 is 1.76. The zero-order chi connectivity index (χ0) is 12.1. The molecular formula is C14H22O2S. The summed E-state index contributed by atoms with van der Waals surface area (Å²) in [5, 5.41) is 21.5. The Balaban J connectivity index is 2.00. The smallest absolute Gasteiger partial charge is 0.0512 e. The van der Waals surface area contributed by atoms with Crippen molar-refractivity contribution in [1.82, 2.24) is 0 Å². The second-order valence-electron chi connectivity index (χ2n) is 5.24. The van der Waals surface area contributed by atoms with Gasteiger partial charge in [-0.15, -0.1) is 11.3 Å². The first kappa shape index (κ1) is 13.1. The van der Waals surface area contributed by atoms with Crippen molar-refractivity contribution in [3.05, 3.63) is 22.4 Å². The van der Waals surface area contributed by atoms with Crippen LogP contribution in [0.2, 0.25) is 0 Å². The van der Waals surface area contributed by atoms with Gasteiger partial charge in [0.2, 0.25) is 0 Å². The van der Waals surface area contributed by atoms with E-state index in [1.165, 1.54) is 30.6 Å². The van der Waals surface area contributed by atoms with Crippen molar-refractivity contribution in [1.29, 1.82) is 0 Å². The van der Waals surface area contributed by atoms with Crippen LogP contribution in [0.4, 0.5) is 0 Å². The molecule has 1 fully saturated rings. The van der Waals surface area contributed by atoms with Gasteiger partial charge in [0.15, 0.2) is 0 Å². The van der Waals surface area contributed by atoms with E-state index in [0.717, 1.165) is 12.8 Å². The Morgan fingerprint density at radius 1 is 1.24 bits per heavy atom. The molecular weight excluding hydrogens is 232 g/mol. The molecule has 2 nitrogen and oxygen atoms in total. The number of thiophene rings is 1. The second kappa shape index (κ2) is 5.98. The van der Waals surface area contributed by atoms with Crippen molar-refractivity contribution in [2.45, 2.75) is 38.5 Å². The van der Waals surface area contributed by atoms with Gasteiger partial charge in [-0.05, 0) is 43.0 Å². The highest BCUT2D eigenvalue weighted by atomic mass is 32.1. The van der Waals surface area contributed by atoms with Crippen molar-refractivity contribution in [3.63, 3.8) is 0 Å². The summed E-state index contributed by atoms with van der Waals surface area (Å²) < 4.78 is 0. The monoisotopic (exact) mass is 254 g/mol. The lowest BCUT2D eigenvalue weighted by Gasteiger charge is -2.36. The average Bonchev–Trinajstić information content (AvgIpc) is 3.04. The Hall–Kier alpha value is -0.380. The SMILES string of the molecule is OCC(CO)(CCc1cccs1)C1CCCC1. The molecule has 0 radical (unpaired) electrons. The Morgan fingerprint density at radius 3 is 2.47 bits per heavy atom. The van der Waals surface area contributed by atoms with Gasteiger partial charge in [-0.2, -0.15) is 0 Å². The summed E-state index contributed by atoms with van der Waals surface area (Å²) in [6.07, 6.45) is 6.74. The minimum atomic E-state index is -0.250. The Kier molecular flexibility index (Phi) is 4.60. The standard InChI is InChI=1S/C14H22O2S/c15-10-14(11-16,12-4-1-2-5-12)8-7-13-6-3-9-17-13/h3,6,9,12,15-16H,1-2,4-5,7-8,10-11H2. The third-order valence-corrected chi connectivity index (χ3v) is 5.24. The number of hydrogen-bond donors (Lipinski definition) is 2. The minimum absolute atomic E-state index is 0.125. The van der Waals surface area contributed by atoms with Gasteiger partial charge in [0.1, 0.15) is 0 Å². The molecule has 1 aliphatic carbocycles. The zero-order valence-electron chi connectivity index (χ0n) is 10.3. The van der Waals surface area contributed by atoms with Crippen molar-refractivity contribution in [3.8, 4) is 0 Å². The molecule has 0 saturated heterocycles. The first-order valence-corrected chi connectivity index (χ1v) is 7.43. The number of aliphatic hydroxyl groups is 2.